The van der Waals surface area contributed by atoms with Crippen LogP contribution in [0.25, 0.3) is 0 Å². The lowest BCUT2D eigenvalue weighted by Crippen LogP contribution is -2.78. The Morgan fingerprint density at radius 2 is 0.857 bits per heavy atom. The number of hydrogen-bond donors (Lipinski definition) is 0. The maximum Gasteiger partial charge on any atom is 0.435 e. The lowest BCUT2D eigenvalue weighted by atomic mass is 9.64. The van der Waals surface area contributed by atoms with Gasteiger partial charge >= 0.3 is 29.7 Å². The van der Waals surface area contributed by atoms with E-state index in [9.17, 15) is 43.9 Å². The average molecular weight is 442 g/mol. The molecular weight excluding hydrogens is 424 g/mol. The van der Waals surface area contributed by atoms with E-state index in [1.54, 1.807) is 0 Å². The first-order chi connectivity index (χ1) is 11.7. The van der Waals surface area contributed by atoms with Gasteiger partial charge in [-0.3, -0.25) is 4.74 Å². The lowest BCUT2D eigenvalue weighted by Gasteiger charge is -2.50. The van der Waals surface area contributed by atoms with Gasteiger partial charge in [0.25, 0.3) is 11.6 Å². The van der Waals surface area contributed by atoms with Crippen molar-refractivity contribution in [2.45, 2.75) is 82.9 Å². The van der Waals surface area contributed by atoms with E-state index in [0.717, 1.165) is 0 Å². The molecular formula is C15H18F12O. The number of alkyl halides is 12. The second-order valence-corrected chi connectivity index (χ2v) is 8.68. The molecule has 1 aliphatic rings. The summed E-state index contributed by atoms with van der Waals surface area (Å²) in [6.07, 6.45) is -14.0. The van der Waals surface area contributed by atoms with Gasteiger partial charge in [-0.2, -0.15) is 30.7 Å². The van der Waals surface area contributed by atoms with Crippen molar-refractivity contribution in [1.82, 2.24) is 0 Å². The van der Waals surface area contributed by atoms with E-state index in [1.165, 1.54) is 0 Å². The quantitative estimate of drug-likeness (QED) is 0.437. The number of halogens is 12. The predicted octanol–water partition coefficient (Wildman–Crippen LogP) is 6.62. The van der Waals surface area contributed by atoms with Gasteiger partial charge in [-0.25, -0.2) is 22.0 Å². The minimum absolute atomic E-state index is 0.233. The summed E-state index contributed by atoms with van der Waals surface area (Å²) in [7, 11) is 0. The molecule has 28 heavy (non-hydrogen) atoms. The molecule has 0 aromatic carbocycles. The van der Waals surface area contributed by atoms with Crippen LogP contribution in [0.5, 0.6) is 0 Å². The molecule has 0 N–H and O–H groups in total. The molecule has 0 radical (unpaired) electrons. The van der Waals surface area contributed by atoms with Gasteiger partial charge in [0.15, 0.2) is 0 Å². The zero-order valence-corrected chi connectivity index (χ0v) is 15.4. The molecule has 0 spiro atoms. The molecule has 1 heterocycles. The Morgan fingerprint density at radius 3 is 1.11 bits per heavy atom. The molecule has 1 saturated heterocycles. The third-order valence-electron chi connectivity index (χ3n) is 4.70. The van der Waals surface area contributed by atoms with Crippen LogP contribution in [-0.2, 0) is 4.74 Å². The number of rotatable bonds is 2. The Morgan fingerprint density at radius 1 is 0.536 bits per heavy atom. The second kappa shape index (κ2) is 5.63. The van der Waals surface area contributed by atoms with Crippen LogP contribution in [0.4, 0.5) is 52.7 Å². The van der Waals surface area contributed by atoms with E-state index in [0.29, 0.717) is 20.8 Å². The summed E-state index contributed by atoms with van der Waals surface area (Å²) in [4.78, 5) is 0. The number of hydrogen-bond acceptors (Lipinski definition) is 1. The molecule has 3 unspecified atom stereocenters. The minimum atomic E-state index is -7.26. The maximum atomic E-state index is 15.4. The van der Waals surface area contributed by atoms with Crippen molar-refractivity contribution in [3.05, 3.63) is 0 Å². The highest BCUT2D eigenvalue weighted by atomic mass is 19.4. The van der Waals surface area contributed by atoms with E-state index in [1.807, 2.05) is 0 Å². The van der Waals surface area contributed by atoms with E-state index < -0.39 is 52.2 Å². The minimum Gasteiger partial charge on any atom is -0.271 e. The van der Waals surface area contributed by atoms with E-state index >= 15 is 8.78 Å². The maximum absolute atomic E-state index is 15.4. The van der Waals surface area contributed by atoms with E-state index in [-0.39, 0.29) is 20.8 Å². The van der Waals surface area contributed by atoms with Gasteiger partial charge in [0.1, 0.15) is 0 Å². The molecule has 13 heteroatoms. The topological polar surface area (TPSA) is 9.23 Å². The summed E-state index contributed by atoms with van der Waals surface area (Å²) in [6.45, 7) is 1.69. The Balaban J connectivity index is 4.23. The van der Waals surface area contributed by atoms with Gasteiger partial charge in [-0.15, -0.1) is 0 Å². The zero-order valence-electron chi connectivity index (χ0n) is 15.4. The molecule has 0 amide bonds. The van der Waals surface area contributed by atoms with Crippen molar-refractivity contribution in [3.63, 3.8) is 0 Å². The fourth-order valence-electron chi connectivity index (χ4n) is 2.80. The third kappa shape index (κ3) is 2.46. The highest BCUT2D eigenvalue weighted by Crippen LogP contribution is 2.74. The fourth-order valence-corrected chi connectivity index (χ4v) is 2.80. The van der Waals surface area contributed by atoms with Gasteiger partial charge in [0.2, 0.25) is 0 Å². The summed E-state index contributed by atoms with van der Waals surface area (Å²) in [5, 5.41) is 0. The van der Waals surface area contributed by atoms with Gasteiger partial charge in [-0.05, 0) is 0 Å². The molecule has 3 atom stereocenters. The summed E-state index contributed by atoms with van der Waals surface area (Å²) in [5.74, 6) is -18.2. The van der Waals surface area contributed by atoms with Crippen LogP contribution in [0.2, 0.25) is 0 Å². The smallest absolute Gasteiger partial charge is 0.271 e. The average Bonchev–Trinajstić information content (AvgIpc) is 2.53. The zero-order chi connectivity index (χ0) is 23.2. The molecule has 1 nitrogen and oxygen atoms in total. The number of ether oxygens (including phenoxy) is 1. The molecule has 0 aromatic heterocycles. The molecule has 0 bridgehead atoms. The summed E-state index contributed by atoms with van der Waals surface area (Å²) in [5.41, 5.74) is -20.3. The summed E-state index contributed by atoms with van der Waals surface area (Å²) >= 11 is 0. The van der Waals surface area contributed by atoms with E-state index in [2.05, 4.69) is 4.74 Å². The lowest BCUT2D eigenvalue weighted by molar-refractivity contribution is -0.400. The predicted molar refractivity (Wildman–Crippen MR) is 72.4 cm³/mol. The Labute approximate surface area is 152 Å². The van der Waals surface area contributed by atoms with Crippen molar-refractivity contribution in [3.8, 4) is 0 Å². The third-order valence-corrected chi connectivity index (χ3v) is 4.70. The van der Waals surface area contributed by atoms with Gasteiger partial charge in [0, 0.05) is 10.8 Å². The van der Waals surface area contributed by atoms with Crippen LogP contribution in [0.3, 0.4) is 0 Å². The van der Waals surface area contributed by atoms with Crippen molar-refractivity contribution < 1.29 is 57.4 Å². The molecule has 0 aliphatic carbocycles. The largest absolute Gasteiger partial charge is 0.435 e. The van der Waals surface area contributed by atoms with Crippen LogP contribution in [0.1, 0.15) is 41.5 Å². The standard InChI is InChI=1S/C15H18F12O/c1-7(2,3)11(18,19)9(16)10(17,14(23,24)25)15(26,27)28-13(9,22)12(20,21)8(4,5)6/h1-6H3. The molecule has 1 aliphatic heterocycles. The van der Waals surface area contributed by atoms with Gasteiger partial charge in [-0.1, -0.05) is 41.5 Å². The fraction of sp³-hybridized carbons (Fsp3) is 1.00. The molecule has 168 valence electrons. The van der Waals surface area contributed by atoms with Crippen molar-refractivity contribution in [2.24, 2.45) is 10.8 Å². The van der Waals surface area contributed by atoms with Crippen LogP contribution in [-0.4, -0.2) is 41.3 Å². The molecule has 0 aromatic rings. The SMILES string of the molecule is CC(C)(C)C(F)(F)C1(F)OC(F)(F)C(F)(C(F)(F)F)C1(F)C(F)(F)C(C)(C)C. The van der Waals surface area contributed by atoms with Gasteiger partial charge in [0.05, 0.1) is 0 Å². The molecule has 1 fully saturated rings. The molecule has 0 saturated carbocycles. The highest BCUT2D eigenvalue weighted by molar-refractivity contribution is 5.31. The van der Waals surface area contributed by atoms with E-state index in [4.69, 9.17) is 0 Å². The van der Waals surface area contributed by atoms with Crippen molar-refractivity contribution in [2.75, 3.05) is 0 Å². The van der Waals surface area contributed by atoms with Crippen LogP contribution in [0.15, 0.2) is 0 Å². The van der Waals surface area contributed by atoms with Crippen LogP contribution >= 0.6 is 0 Å². The monoisotopic (exact) mass is 442 g/mol. The molecule has 1 rings (SSSR count). The summed E-state index contributed by atoms with van der Waals surface area (Å²) < 4.78 is 174. The Hall–Kier alpha value is -0.880. The first-order valence-electron chi connectivity index (χ1n) is 7.68. The normalized spacial score (nSPS) is 35.4. The van der Waals surface area contributed by atoms with Crippen molar-refractivity contribution >= 4 is 0 Å². The Bertz CT molecular complexity index is 628. The van der Waals surface area contributed by atoms with Crippen molar-refractivity contribution in [1.29, 1.82) is 0 Å². The first-order valence-corrected chi connectivity index (χ1v) is 7.68. The summed E-state index contributed by atoms with van der Waals surface area (Å²) in [6, 6.07) is 0. The highest BCUT2D eigenvalue weighted by Gasteiger charge is 3.04. The van der Waals surface area contributed by atoms with Crippen LogP contribution < -0.4 is 0 Å². The van der Waals surface area contributed by atoms with Gasteiger partial charge < -0.3 is 0 Å². The van der Waals surface area contributed by atoms with Crippen LogP contribution in [0, 0.1) is 10.8 Å². The second-order valence-electron chi connectivity index (χ2n) is 8.68. The first kappa shape index (κ1) is 25.2. The Kier molecular flexibility index (Phi) is 5.06.